The number of ether oxygens (including phenoxy) is 1. The molecule has 0 fully saturated rings. The van der Waals surface area contributed by atoms with Crippen molar-refractivity contribution in [2.75, 3.05) is 6.61 Å². The van der Waals surface area contributed by atoms with Crippen LogP contribution in [-0.2, 0) is 0 Å². The standard InChI is InChI=1S/C13H18O/c1-2-3-4-5-9-12-14-13-10-7-6-8-11-13/h2,6-8,10-11H,1,3-5,9,12H2. The van der Waals surface area contributed by atoms with Gasteiger partial charge in [-0.1, -0.05) is 24.3 Å². The third-order valence-electron chi connectivity index (χ3n) is 2.06. The summed E-state index contributed by atoms with van der Waals surface area (Å²) in [6, 6.07) is 9.96. The summed E-state index contributed by atoms with van der Waals surface area (Å²) >= 11 is 0. The molecule has 0 aliphatic heterocycles. The highest BCUT2D eigenvalue weighted by Gasteiger charge is 1.91. The Morgan fingerprint density at radius 2 is 1.86 bits per heavy atom. The Kier molecular flexibility index (Phi) is 5.57. The van der Waals surface area contributed by atoms with Gasteiger partial charge in [-0.05, 0) is 37.8 Å². The van der Waals surface area contributed by atoms with E-state index >= 15 is 0 Å². The molecule has 0 amide bonds. The molecule has 0 N–H and O–H groups in total. The van der Waals surface area contributed by atoms with Crippen LogP contribution < -0.4 is 4.74 Å². The molecular weight excluding hydrogens is 172 g/mol. The van der Waals surface area contributed by atoms with Crippen LogP contribution >= 0.6 is 0 Å². The van der Waals surface area contributed by atoms with Gasteiger partial charge in [0.25, 0.3) is 0 Å². The number of unbranched alkanes of at least 4 members (excludes halogenated alkanes) is 3. The van der Waals surface area contributed by atoms with Crippen LogP contribution in [-0.4, -0.2) is 6.61 Å². The molecule has 76 valence electrons. The lowest BCUT2D eigenvalue weighted by atomic mass is 10.2. The monoisotopic (exact) mass is 190 g/mol. The van der Waals surface area contributed by atoms with Crippen LogP contribution in [0.3, 0.4) is 0 Å². The minimum atomic E-state index is 0.821. The predicted octanol–water partition coefficient (Wildman–Crippen LogP) is 3.81. The number of benzene rings is 1. The van der Waals surface area contributed by atoms with Crippen molar-refractivity contribution >= 4 is 0 Å². The second-order valence-electron chi connectivity index (χ2n) is 3.30. The summed E-state index contributed by atoms with van der Waals surface area (Å²) in [6.45, 7) is 4.52. The van der Waals surface area contributed by atoms with Gasteiger partial charge < -0.3 is 4.74 Å². The molecule has 0 heterocycles. The number of hydrogen-bond acceptors (Lipinski definition) is 1. The molecule has 0 unspecified atom stereocenters. The first-order chi connectivity index (χ1) is 6.93. The van der Waals surface area contributed by atoms with Gasteiger partial charge in [-0.2, -0.15) is 0 Å². The maximum atomic E-state index is 5.56. The van der Waals surface area contributed by atoms with E-state index in [4.69, 9.17) is 4.74 Å². The van der Waals surface area contributed by atoms with Crippen LogP contribution in [0.15, 0.2) is 43.0 Å². The van der Waals surface area contributed by atoms with E-state index in [1.54, 1.807) is 0 Å². The van der Waals surface area contributed by atoms with Gasteiger partial charge in [0.2, 0.25) is 0 Å². The molecule has 1 rings (SSSR count). The first kappa shape index (κ1) is 10.8. The maximum absolute atomic E-state index is 5.56. The maximum Gasteiger partial charge on any atom is 0.119 e. The van der Waals surface area contributed by atoms with Crippen molar-refractivity contribution in [1.82, 2.24) is 0 Å². The molecule has 0 saturated heterocycles. The molecule has 1 aromatic carbocycles. The van der Waals surface area contributed by atoms with E-state index in [2.05, 4.69) is 6.58 Å². The van der Waals surface area contributed by atoms with Crippen LogP contribution in [0.4, 0.5) is 0 Å². The largest absolute Gasteiger partial charge is 0.494 e. The second-order valence-corrected chi connectivity index (χ2v) is 3.30. The number of hydrogen-bond donors (Lipinski definition) is 0. The van der Waals surface area contributed by atoms with Gasteiger partial charge in [0.05, 0.1) is 6.61 Å². The molecule has 0 saturated carbocycles. The van der Waals surface area contributed by atoms with E-state index in [1.807, 2.05) is 36.4 Å². The van der Waals surface area contributed by atoms with E-state index in [0.29, 0.717) is 0 Å². The third kappa shape index (κ3) is 4.70. The SMILES string of the molecule is C=CCCCCCOc1ccccc1. The van der Waals surface area contributed by atoms with Crippen molar-refractivity contribution in [1.29, 1.82) is 0 Å². The van der Waals surface area contributed by atoms with Gasteiger partial charge in [0.1, 0.15) is 5.75 Å². The summed E-state index contributed by atoms with van der Waals surface area (Å²) in [7, 11) is 0. The van der Waals surface area contributed by atoms with E-state index in [-0.39, 0.29) is 0 Å². The van der Waals surface area contributed by atoms with E-state index in [1.165, 1.54) is 12.8 Å². The molecule has 0 aliphatic carbocycles. The summed E-state index contributed by atoms with van der Waals surface area (Å²) in [5.74, 6) is 0.969. The minimum Gasteiger partial charge on any atom is -0.494 e. The Hall–Kier alpha value is -1.24. The van der Waals surface area contributed by atoms with Crippen LogP contribution in [0.5, 0.6) is 5.75 Å². The summed E-state index contributed by atoms with van der Waals surface area (Å²) in [6.07, 6.45) is 6.66. The fourth-order valence-corrected chi connectivity index (χ4v) is 1.27. The Labute approximate surface area is 86.4 Å². The zero-order chi connectivity index (χ0) is 10.1. The zero-order valence-corrected chi connectivity index (χ0v) is 8.61. The van der Waals surface area contributed by atoms with E-state index in [9.17, 15) is 0 Å². The van der Waals surface area contributed by atoms with Crippen molar-refractivity contribution in [3.8, 4) is 5.75 Å². The van der Waals surface area contributed by atoms with Crippen LogP contribution in [0.25, 0.3) is 0 Å². The number of para-hydroxylation sites is 1. The molecule has 0 radical (unpaired) electrons. The molecule has 1 aromatic rings. The summed E-state index contributed by atoms with van der Waals surface area (Å²) in [5.41, 5.74) is 0. The highest BCUT2D eigenvalue weighted by atomic mass is 16.5. The van der Waals surface area contributed by atoms with Gasteiger partial charge in [-0.15, -0.1) is 6.58 Å². The third-order valence-corrected chi connectivity index (χ3v) is 2.06. The van der Waals surface area contributed by atoms with Crippen molar-refractivity contribution in [2.45, 2.75) is 25.7 Å². The topological polar surface area (TPSA) is 9.23 Å². The predicted molar refractivity (Wildman–Crippen MR) is 60.6 cm³/mol. The Morgan fingerprint density at radius 3 is 2.57 bits per heavy atom. The number of rotatable bonds is 7. The average Bonchev–Trinajstić information content (AvgIpc) is 2.25. The average molecular weight is 190 g/mol. The first-order valence-electron chi connectivity index (χ1n) is 5.22. The van der Waals surface area contributed by atoms with Gasteiger partial charge in [0.15, 0.2) is 0 Å². The highest BCUT2D eigenvalue weighted by molar-refractivity contribution is 5.20. The van der Waals surface area contributed by atoms with Gasteiger partial charge in [-0.25, -0.2) is 0 Å². The smallest absolute Gasteiger partial charge is 0.119 e. The molecule has 0 aliphatic rings. The van der Waals surface area contributed by atoms with Crippen LogP contribution in [0.1, 0.15) is 25.7 Å². The van der Waals surface area contributed by atoms with Gasteiger partial charge in [0, 0.05) is 0 Å². The molecule has 1 nitrogen and oxygen atoms in total. The fourth-order valence-electron chi connectivity index (χ4n) is 1.27. The Balaban J connectivity index is 2.02. The van der Waals surface area contributed by atoms with E-state index in [0.717, 1.165) is 25.2 Å². The van der Waals surface area contributed by atoms with Crippen LogP contribution in [0, 0.1) is 0 Å². The van der Waals surface area contributed by atoms with Crippen molar-refractivity contribution in [3.63, 3.8) is 0 Å². The summed E-state index contributed by atoms with van der Waals surface area (Å²) in [4.78, 5) is 0. The normalized spacial score (nSPS) is 9.71. The summed E-state index contributed by atoms with van der Waals surface area (Å²) in [5, 5.41) is 0. The van der Waals surface area contributed by atoms with Gasteiger partial charge >= 0.3 is 0 Å². The molecule has 14 heavy (non-hydrogen) atoms. The van der Waals surface area contributed by atoms with Crippen LogP contribution in [0.2, 0.25) is 0 Å². The van der Waals surface area contributed by atoms with E-state index < -0.39 is 0 Å². The Bertz CT molecular complexity index is 241. The Morgan fingerprint density at radius 1 is 1.07 bits per heavy atom. The molecule has 0 bridgehead atoms. The lowest BCUT2D eigenvalue weighted by Crippen LogP contribution is -1.96. The highest BCUT2D eigenvalue weighted by Crippen LogP contribution is 2.09. The minimum absolute atomic E-state index is 0.821. The number of allylic oxidation sites excluding steroid dienone is 1. The van der Waals surface area contributed by atoms with Crippen molar-refractivity contribution in [3.05, 3.63) is 43.0 Å². The molecular formula is C13H18O. The molecule has 0 atom stereocenters. The fraction of sp³-hybridized carbons (Fsp3) is 0.385. The summed E-state index contributed by atoms with van der Waals surface area (Å²) < 4.78 is 5.56. The first-order valence-corrected chi connectivity index (χ1v) is 5.22. The zero-order valence-electron chi connectivity index (χ0n) is 8.61. The second kappa shape index (κ2) is 7.19. The van der Waals surface area contributed by atoms with Crippen molar-refractivity contribution < 1.29 is 4.74 Å². The lowest BCUT2D eigenvalue weighted by Gasteiger charge is -2.04. The molecule has 0 spiro atoms. The van der Waals surface area contributed by atoms with Gasteiger partial charge in [-0.3, -0.25) is 0 Å². The van der Waals surface area contributed by atoms with Crippen molar-refractivity contribution in [2.24, 2.45) is 0 Å². The quantitative estimate of drug-likeness (QED) is 0.469. The molecule has 1 heteroatoms. The lowest BCUT2D eigenvalue weighted by molar-refractivity contribution is 0.305. The molecule has 0 aromatic heterocycles.